The third kappa shape index (κ3) is 2.86. The Morgan fingerprint density at radius 3 is 2.73 bits per heavy atom. The molecule has 8 heteroatoms. The number of hydrogen-bond acceptors (Lipinski definition) is 7. The molecule has 5 aliphatic rings. The summed E-state index contributed by atoms with van der Waals surface area (Å²) in [6.45, 7) is 7.06. The minimum Gasteiger partial charge on any atom is -0.460 e. The highest BCUT2D eigenvalue weighted by atomic mass is 19.1. The number of carbonyl (C=O) groups is 3. The normalized spacial score (nSPS) is 49.4. The van der Waals surface area contributed by atoms with Gasteiger partial charge in [-0.1, -0.05) is 19.9 Å². The predicted molar refractivity (Wildman–Crippen MR) is 113 cm³/mol. The van der Waals surface area contributed by atoms with Crippen LogP contribution in [-0.2, 0) is 28.6 Å². The summed E-state index contributed by atoms with van der Waals surface area (Å²) in [6, 6.07) is 0. The minimum absolute atomic E-state index is 0.158. The molecule has 0 aromatic heterocycles. The zero-order valence-corrected chi connectivity index (χ0v) is 19.4. The number of fused-ring (bicyclic) bond motifs is 7. The molecule has 0 aromatic carbocycles. The summed E-state index contributed by atoms with van der Waals surface area (Å²) < 4.78 is 32.9. The van der Waals surface area contributed by atoms with Crippen LogP contribution in [0.5, 0.6) is 0 Å². The molecule has 33 heavy (non-hydrogen) atoms. The molecule has 9 atom stereocenters. The third-order valence-electron chi connectivity index (χ3n) is 9.17. The molecule has 1 aliphatic heterocycles. The van der Waals surface area contributed by atoms with Crippen LogP contribution in [0.2, 0.25) is 0 Å². The van der Waals surface area contributed by atoms with Crippen molar-refractivity contribution in [2.24, 2.45) is 28.6 Å². The molecule has 0 unspecified atom stereocenters. The number of Topliss-reactive ketones (excluding diaryl/α,β-unsaturated/α-hetero) is 1. The molecule has 0 spiro atoms. The fraction of sp³-hybridized carbons (Fsp3) is 0.720. The van der Waals surface area contributed by atoms with Crippen molar-refractivity contribution in [3.05, 3.63) is 23.8 Å². The van der Waals surface area contributed by atoms with E-state index in [-0.39, 0.29) is 42.9 Å². The van der Waals surface area contributed by atoms with E-state index in [0.29, 0.717) is 12.0 Å². The average Bonchev–Trinajstić information content (AvgIpc) is 3.13. The number of hydrogen-bond donors (Lipinski definition) is 1. The first-order valence-electron chi connectivity index (χ1n) is 11.6. The maximum absolute atomic E-state index is 15.5. The van der Waals surface area contributed by atoms with Crippen LogP contribution in [0, 0.1) is 28.6 Å². The van der Waals surface area contributed by atoms with E-state index in [4.69, 9.17) is 14.2 Å². The lowest BCUT2D eigenvalue weighted by Gasteiger charge is -2.60. The van der Waals surface area contributed by atoms with E-state index in [2.05, 4.69) is 0 Å². The van der Waals surface area contributed by atoms with Crippen LogP contribution in [0.4, 0.5) is 4.39 Å². The molecular formula is C25H31FO7. The van der Waals surface area contributed by atoms with E-state index < -0.39 is 53.0 Å². The summed E-state index contributed by atoms with van der Waals surface area (Å²) in [4.78, 5) is 36.3. The molecule has 180 valence electrons. The molecule has 7 nitrogen and oxygen atoms in total. The number of rotatable bonds is 4. The lowest BCUT2D eigenvalue weighted by atomic mass is 9.46. The van der Waals surface area contributed by atoms with E-state index in [1.165, 1.54) is 12.2 Å². The second-order valence-corrected chi connectivity index (χ2v) is 11.2. The van der Waals surface area contributed by atoms with Gasteiger partial charge in [0.25, 0.3) is 6.47 Å². The molecular weight excluding hydrogens is 431 g/mol. The van der Waals surface area contributed by atoms with Gasteiger partial charge in [0.2, 0.25) is 5.78 Å². The van der Waals surface area contributed by atoms with Crippen LogP contribution in [-0.4, -0.2) is 59.5 Å². The molecule has 1 N–H and O–H groups in total. The Balaban J connectivity index is 1.59. The number of aliphatic hydroxyl groups excluding tert-OH is 1. The SMILES string of the molecule is CC1(C)O[C@@H]2C[C@H]3[C@@H]4C[C@H](F)C5=CC(=O)C=C[C@]5(C)[C@H]4[C@@H](O)C[C@]3(C)[C@]2(C(=O)COC=O)O1. The Labute approximate surface area is 192 Å². The molecule has 1 heterocycles. The Hall–Kier alpha value is -1.90. The number of allylic oxidation sites excluding steroid dienone is 4. The molecule has 4 aliphatic carbocycles. The smallest absolute Gasteiger partial charge is 0.293 e. The summed E-state index contributed by atoms with van der Waals surface area (Å²) in [7, 11) is 0. The van der Waals surface area contributed by atoms with E-state index in [0.717, 1.165) is 0 Å². The van der Waals surface area contributed by atoms with E-state index in [1.807, 2.05) is 13.8 Å². The Morgan fingerprint density at radius 2 is 2.03 bits per heavy atom. The molecule has 3 saturated carbocycles. The van der Waals surface area contributed by atoms with Crippen molar-refractivity contribution in [1.82, 2.24) is 0 Å². The van der Waals surface area contributed by atoms with E-state index in [9.17, 15) is 19.5 Å². The van der Waals surface area contributed by atoms with Gasteiger partial charge in [-0.25, -0.2) is 4.39 Å². The lowest BCUT2D eigenvalue weighted by Crippen LogP contribution is -2.64. The van der Waals surface area contributed by atoms with Gasteiger partial charge in [0.15, 0.2) is 23.8 Å². The fourth-order valence-corrected chi connectivity index (χ4v) is 8.15. The van der Waals surface area contributed by atoms with Crippen molar-refractivity contribution < 1.29 is 38.1 Å². The molecule has 5 rings (SSSR count). The second-order valence-electron chi connectivity index (χ2n) is 11.2. The molecule has 1 saturated heterocycles. The van der Waals surface area contributed by atoms with Crippen LogP contribution in [0.15, 0.2) is 23.8 Å². The van der Waals surface area contributed by atoms with Gasteiger partial charge in [-0.2, -0.15) is 0 Å². The van der Waals surface area contributed by atoms with Gasteiger partial charge >= 0.3 is 0 Å². The summed E-state index contributed by atoms with van der Waals surface area (Å²) in [6.07, 6.45) is 2.71. The highest BCUT2D eigenvalue weighted by Gasteiger charge is 2.77. The first-order chi connectivity index (χ1) is 15.4. The molecule has 4 fully saturated rings. The van der Waals surface area contributed by atoms with Crippen LogP contribution in [0.25, 0.3) is 0 Å². The van der Waals surface area contributed by atoms with Crippen LogP contribution >= 0.6 is 0 Å². The van der Waals surface area contributed by atoms with Gasteiger partial charge in [0, 0.05) is 16.7 Å². The third-order valence-corrected chi connectivity index (χ3v) is 9.17. The quantitative estimate of drug-likeness (QED) is 0.641. The summed E-state index contributed by atoms with van der Waals surface area (Å²) in [5.74, 6) is -2.37. The maximum Gasteiger partial charge on any atom is 0.293 e. The number of alkyl halides is 1. The number of ether oxygens (including phenoxy) is 3. The Kier molecular flexibility index (Phi) is 4.89. The summed E-state index contributed by atoms with van der Waals surface area (Å²) in [5.41, 5.74) is -2.61. The molecule has 0 radical (unpaired) electrons. The molecule has 0 bridgehead atoms. The van der Waals surface area contributed by atoms with Crippen LogP contribution in [0.3, 0.4) is 0 Å². The van der Waals surface area contributed by atoms with E-state index >= 15 is 4.39 Å². The number of ketones is 2. The average molecular weight is 463 g/mol. The van der Waals surface area contributed by atoms with Gasteiger partial charge in [-0.15, -0.1) is 0 Å². The fourth-order valence-electron chi connectivity index (χ4n) is 8.15. The van der Waals surface area contributed by atoms with Crippen molar-refractivity contribution in [1.29, 1.82) is 0 Å². The summed E-state index contributed by atoms with van der Waals surface area (Å²) in [5, 5.41) is 11.5. The zero-order valence-electron chi connectivity index (χ0n) is 19.4. The predicted octanol–water partition coefficient (Wildman–Crippen LogP) is 2.46. The van der Waals surface area contributed by atoms with Gasteiger partial charge in [-0.3, -0.25) is 14.4 Å². The monoisotopic (exact) mass is 462 g/mol. The van der Waals surface area contributed by atoms with Crippen molar-refractivity contribution in [3.8, 4) is 0 Å². The van der Waals surface area contributed by atoms with Crippen molar-refractivity contribution in [3.63, 3.8) is 0 Å². The Morgan fingerprint density at radius 1 is 1.30 bits per heavy atom. The van der Waals surface area contributed by atoms with Gasteiger partial charge in [-0.05, 0) is 62.7 Å². The zero-order chi connectivity index (χ0) is 24.0. The number of halogens is 1. The maximum atomic E-state index is 15.5. The van der Waals surface area contributed by atoms with Crippen molar-refractivity contribution >= 4 is 18.0 Å². The first-order valence-corrected chi connectivity index (χ1v) is 11.6. The molecule has 0 amide bonds. The van der Waals surface area contributed by atoms with Gasteiger partial charge < -0.3 is 19.3 Å². The molecule has 0 aromatic rings. The summed E-state index contributed by atoms with van der Waals surface area (Å²) >= 11 is 0. The van der Waals surface area contributed by atoms with Crippen molar-refractivity contribution in [2.75, 3.05) is 6.61 Å². The highest BCUT2D eigenvalue weighted by molar-refractivity contribution is 6.01. The lowest BCUT2D eigenvalue weighted by molar-refractivity contribution is -0.226. The van der Waals surface area contributed by atoms with Gasteiger partial charge in [0.1, 0.15) is 6.17 Å². The van der Waals surface area contributed by atoms with Gasteiger partial charge in [0.05, 0.1) is 12.2 Å². The highest BCUT2D eigenvalue weighted by Crippen LogP contribution is 2.70. The second kappa shape index (κ2) is 7.06. The topological polar surface area (TPSA) is 99.1 Å². The van der Waals surface area contributed by atoms with Crippen molar-refractivity contribution in [2.45, 2.75) is 76.7 Å². The minimum atomic E-state index is -1.41. The Bertz CT molecular complexity index is 972. The largest absolute Gasteiger partial charge is 0.460 e. The number of aliphatic hydroxyl groups is 1. The van der Waals surface area contributed by atoms with Crippen LogP contribution < -0.4 is 0 Å². The first kappa shape index (κ1) is 22.9. The van der Waals surface area contributed by atoms with E-state index in [1.54, 1.807) is 19.9 Å². The number of carbonyl (C=O) groups excluding carboxylic acids is 3. The standard InChI is InChI=1S/C25H31FO7/c1-22(2)32-20-9-15-14-8-17(26)16-7-13(28)5-6-23(16,3)21(14)18(29)10-24(15,4)25(20,33-22)19(30)11-31-12-27/h5-7,12,14-15,17-18,20-21,29H,8-11H2,1-4H3/t14-,15-,17-,18-,20+,21+,23-,24-,25+/m0/s1. The van der Waals surface area contributed by atoms with Crippen LogP contribution in [0.1, 0.15) is 47.0 Å².